The highest BCUT2D eigenvalue weighted by molar-refractivity contribution is 6.41. The summed E-state index contributed by atoms with van der Waals surface area (Å²) in [7, 11) is -0.145. The number of carbonyl (C=O) groups excluding carboxylic acids is 3. The minimum Gasteiger partial charge on any atom is -0.426 e. The lowest BCUT2D eigenvalue weighted by molar-refractivity contribution is -0.139. The number of nitrogens with two attached hydrogens (primary N) is 2. The Morgan fingerprint density at radius 2 is 1.80 bits per heavy atom. The average molecular weight is 427 g/mol. The molecule has 0 aromatic rings. The van der Waals surface area contributed by atoms with Crippen LogP contribution < -0.4 is 16.8 Å². The molecule has 1 fully saturated rings. The van der Waals surface area contributed by atoms with Crippen LogP contribution >= 0.6 is 0 Å². The number of amides is 3. The summed E-state index contributed by atoms with van der Waals surface area (Å²) < 4.78 is 0. The van der Waals surface area contributed by atoms with E-state index >= 15 is 0 Å². The molecule has 0 unspecified atom stereocenters. The van der Waals surface area contributed by atoms with Gasteiger partial charge in [0.2, 0.25) is 17.7 Å². The number of nitrogens with one attached hydrogen (secondary N) is 1. The first-order valence-electron chi connectivity index (χ1n) is 10.9. The first-order chi connectivity index (χ1) is 14.2. The quantitative estimate of drug-likeness (QED) is 0.235. The standard InChI is InChI=1S/C19H38BN5O5/c1-3-15(18(27)25(11-7-10-21)13-20(29)30)23-16(26)12-24(2)19(28)17(22)14-8-5-4-6-9-14/h14-15,17,29-30H,3-13,21-22H2,1-2H3,(H,23,26)/t15-,17-/m0/s1. The molecular formula is C19H38BN5O5. The van der Waals surface area contributed by atoms with E-state index in [2.05, 4.69) is 5.32 Å². The van der Waals surface area contributed by atoms with E-state index in [0.717, 1.165) is 32.1 Å². The molecular weight excluding hydrogens is 389 g/mol. The van der Waals surface area contributed by atoms with Crippen molar-refractivity contribution in [2.45, 2.75) is 64.0 Å². The zero-order chi connectivity index (χ0) is 22.7. The third kappa shape index (κ3) is 8.59. The summed E-state index contributed by atoms with van der Waals surface area (Å²) in [6, 6.07) is -1.45. The lowest BCUT2D eigenvalue weighted by atomic mass is 9.84. The van der Waals surface area contributed by atoms with E-state index in [9.17, 15) is 24.4 Å². The molecule has 3 amide bonds. The molecule has 7 N–H and O–H groups in total. The van der Waals surface area contributed by atoms with E-state index in [1.54, 1.807) is 6.92 Å². The molecule has 0 aliphatic heterocycles. The van der Waals surface area contributed by atoms with Crippen molar-refractivity contribution < 1.29 is 24.4 Å². The fourth-order valence-corrected chi connectivity index (χ4v) is 3.81. The summed E-state index contributed by atoms with van der Waals surface area (Å²) in [6.07, 6.45) is 5.71. The van der Waals surface area contributed by atoms with Gasteiger partial charge < -0.3 is 36.6 Å². The molecule has 0 bridgehead atoms. The third-order valence-electron chi connectivity index (χ3n) is 5.57. The van der Waals surface area contributed by atoms with Crippen LogP contribution in [0.15, 0.2) is 0 Å². The number of hydrogen-bond donors (Lipinski definition) is 5. The zero-order valence-corrected chi connectivity index (χ0v) is 18.3. The summed E-state index contributed by atoms with van der Waals surface area (Å²) in [5.74, 6) is -1.02. The fourth-order valence-electron chi connectivity index (χ4n) is 3.81. The van der Waals surface area contributed by atoms with Gasteiger partial charge in [-0.1, -0.05) is 26.2 Å². The topological polar surface area (TPSA) is 162 Å². The Kier molecular flexibility index (Phi) is 11.9. The van der Waals surface area contributed by atoms with Crippen LogP contribution in [0.5, 0.6) is 0 Å². The lowest BCUT2D eigenvalue weighted by Gasteiger charge is -2.30. The van der Waals surface area contributed by atoms with E-state index in [-0.39, 0.29) is 31.4 Å². The molecule has 1 rings (SSSR count). The maximum absolute atomic E-state index is 12.7. The molecule has 172 valence electrons. The Labute approximate surface area is 179 Å². The highest BCUT2D eigenvalue weighted by Gasteiger charge is 2.30. The van der Waals surface area contributed by atoms with E-state index in [1.165, 1.54) is 16.8 Å². The van der Waals surface area contributed by atoms with Crippen LogP contribution in [0, 0.1) is 5.92 Å². The predicted octanol–water partition coefficient (Wildman–Crippen LogP) is -1.56. The molecule has 11 heteroatoms. The van der Waals surface area contributed by atoms with Crippen molar-refractivity contribution >= 4 is 24.8 Å². The maximum Gasteiger partial charge on any atom is 0.472 e. The zero-order valence-electron chi connectivity index (χ0n) is 18.3. The van der Waals surface area contributed by atoms with Gasteiger partial charge in [-0.15, -0.1) is 0 Å². The van der Waals surface area contributed by atoms with Crippen molar-refractivity contribution in [3.05, 3.63) is 0 Å². The molecule has 0 spiro atoms. The van der Waals surface area contributed by atoms with Crippen LogP contribution in [-0.4, -0.2) is 89.9 Å². The summed E-state index contributed by atoms with van der Waals surface area (Å²) in [5.41, 5.74) is 11.6. The normalized spacial score (nSPS) is 16.5. The van der Waals surface area contributed by atoms with Crippen LogP contribution in [0.3, 0.4) is 0 Å². The molecule has 10 nitrogen and oxygen atoms in total. The average Bonchev–Trinajstić information content (AvgIpc) is 2.73. The maximum atomic E-state index is 12.7. The molecule has 1 aliphatic carbocycles. The van der Waals surface area contributed by atoms with Crippen molar-refractivity contribution in [1.82, 2.24) is 15.1 Å². The first kappa shape index (κ1) is 26.4. The van der Waals surface area contributed by atoms with Crippen LogP contribution in [0.25, 0.3) is 0 Å². The predicted molar refractivity (Wildman–Crippen MR) is 115 cm³/mol. The number of likely N-dealkylation sites (N-methyl/N-ethyl adjacent to an activating group) is 1. The van der Waals surface area contributed by atoms with Gasteiger partial charge in [0.15, 0.2) is 0 Å². The van der Waals surface area contributed by atoms with Gasteiger partial charge in [0.25, 0.3) is 0 Å². The minimum absolute atomic E-state index is 0.141. The molecule has 0 saturated heterocycles. The smallest absolute Gasteiger partial charge is 0.426 e. The monoisotopic (exact) mass is 427 g/mol. The second-order valence-electron chi connectivity index (χ2n) is 8.05. The van der Waals surface area contributed by atoms with Crippen LogP contribution in [0.2, 0.25) is 0 Å². The van der Waals surface area contributed by atoms with Crippen LogP contribution in [-0.2, 0) is 14.4 Å². The Bertz CT molecular complexity index is 559. The van der Waals surface area contributed by atoms with Crippen molar-refractivity contribution in [2.75, 3.05) is 33.1 Å². The van der Waals surface area contributed by atoms with Gasteiger partial charge in [-0.3, -0.25) is 14.4 Å². The molecule has 1 aliphatic rings. The van der Waals surface area contributed by atoms with E-state index in [1.807, 2.05) is 0 Å². The molecule has 0 aromatic carbocycles. The molecule has 0 heterocycles. The largest absolute Gasteiger partial charge is 0.472 e. The van der Waals surface area contributed by atoms with Crippen molar-refractivity contribution in [3.63, 3.8) is 0 Å². The van der Waals surface area contributed by atoms with E-state index in [4.69, 9.17) is 11.5 Å². The van der Waals surface area contributed by atoms with Crippen molar-refractivity contribution in [2.24, 2.45) is 17.4 Å². The van der Waals surface area contributed by atoms with Gasteiger partial charge in [-0.25, -0.2) is 0 Å². The van der Waals surface area contributed by atoms with E-state index < -0.39 is 31.0 Å². The van der Waals surface area contributed by atoms with Crippen LogP contribution in [0.1, 0.15) is 51.9 Å². The lowest BCUT2D eigenvalue weighted by Crippen LogP contribution is -2.54. The summed E-state index contributed by atoms with van der Waals surface area (Å²) in [5, 5.41) is 21.1. The summed E-state index contributed by atoms with van der Waals surface area (Å²) in [6.45, 7) is 2.15. The number of nitrogens with zero attached hydrogens (tertiary/aromatic N) is 2. The summed E-state index contributed by atoms with van der Waals surface area (Å²) in [4.78, 5) is 40.4. The van der Waals surface area contributed by atoms with Gasteiger partial charge in [-0.2, -0.15) is 0 Å². The Hall–Kier alpha value is -1.69. The fraction of sp³-hybridized carbons (Fsp3) is 0.842. The number of hydrogen-bond acceptors (Lipinski definition) is 7. The second-order valence-corrected chi connectivity index (χ2v) is 8.05. The number of carbonyl (C=O) groups is 3. The first-order valence-corrected chi connectivity index (χ1v) is 10.9. The number of rotatable bonds is 12. The highest BCUT2D eigenvalue weighted by atomic mass is 16.4. The molecule has 30 heavy (non-hydrogen) atoms. The Morgan fingerprint density at radius 3 is 2.33 bits per heavy atom. The van der Waals surface area contributed by atoms with Gasteiger partial charge in [0, 0.05) is 13.6 Å². The van der Waals surface area contributed by atoms with Crippen LogP contribution in [0.4, 0.5) is 0 Å². The minimum atomic E-state index is -1.68. The Morgan fingerprint density at radius 1 is 1.17 bits per heavy atom. The molecule has 1 saturated carbocycles. The van der Waals surface area contributed by atoms with Crippen molar-refractivity contribution in [3.8, 4) is 0 Å². The van der Waals surface area contributed by atoms with Gasteiger partial charge in [0.1, 0.15) is 6.04 Å². The second kappa shape index (κ2) is 13.6. The third-order valence-corrected chi connectivity index (χ3v) is 5.57. The molecule has 0 radical (unpaired) electrons. The molecule has 0 aromatic heterocycles. The van der Waals surface area contributed by atoms with Crippen molar-refractivity contribution in [1.29, 1.82) is 0 Å². The molecule has 2 atom stereocenters. The van der Waals surface area contributed by atoms with Gasteiger partial charge >= 0.3 is 7.12 Å². The SMILES string of the molecule is CC[C@H](NC(=O)CN(C)C(=O)[C@@H](N)C1CCCCC1)C(=O)N(CCCN)CB(O)O. The Balaban J connectivity index is 2.63. The highest BCUT2D eigenvalue weighted by Crippen LogP contribution is 2.26. The van der Waals surface area contributed by atoms with E-state index in [0.29, 0.717) is 19.4 Å². The van der Waals surface area contributed by atoms with Gasteiger partial charge in [0.05, 0.1) is 19.0 Å². The summed E-state index contributed by atoms with van der Waals surface area (Å²) >= 11 is 0. The van der Waals surface area contributed by atoms with Gasteiger partial charge in [-0.05, 0) is 38.1 Å².